The maximum atomic E-state index is 14.3. The summed E-state index contributed by atoms with van der Waals surface area (Å²) in [6.07, 6.45) is 4.46. The number of carbonyl (C=O) groups is 1. The van der Waals surface area contributed by atoms with Gasteiger partial charge in [0.2, 0.25) is 5.89 Å². The van der Waals surface area contributed by atoms with Crippen LogP contribution >= 0.6 is 0 Å². The van der Waals surface area contributed by atoms with Gasteiger partial charge in [0.15, 0.2) is 5.82 Å². The lowest BCUT2D eigenvalue weighted by atomic mass is 10.2. The number of benzene rings is 1. The van der Waals surface area contributed by atoms with E-state index in [1.807, 2.05) is 0 Å². The molecule has 3 rings (SSSR count). The second-order valence-electron chi connectivity index (χ2n) is 6.19. The minimum absolute atomic E-state index is 0.142. The molecule has 0 aliphatic carbocycles. The molecule has 2 aromatic heterocycles. The van der Waals surface area contributed by atoms with E-state index in [4.69, 9.17) is 9.26 Å². The average molecular weight is 388 g/mol. The van der Waals surface area contributed by atoms with Crippen molar-refractivity contribution >= 4 is 6.03 Å². The third kappa shape index (κ3) is 4.52. The standard InChI is InChI=1S/C18H21FN6O3/c1-12(27-3)17-22-16(28-23-17)10-24(2)18(26)21-9-13-4-5-15(14(19)8-13)25-7-6-20-11-25/h4-8,11-12H,9-10H2,1-3H3,(H,21,26). The molecule has 0 saturated heterocycles. The van der Waals surface area contributed by atoms with Crippen molar-refractivity contribution in [1.29, 1.82) is 0 Å². The number of aromatic nitrogens is 4. The topological polar surface area (TPSA) is 98.3 Å². The van der Waals surface area contributed by atoms with Crippen molar-refractivity contribution in [3.63, 3.8) is 0 Å². The normalized spacial score (nSPS) is 12.0. The molecule has 0 bridgehead atoms. The molecule has 1 aromatic carbocycles. The van der Waals surface area contributed by atoms with E-state index in [9.17, 15) is 9.18 Å². The molecule has 0 radical (unpaired) electrons. The zero-order valence-electron chi connectivity index (χ0n) is 15.8. The van der Waals surface area contributed by atoms with Gasteiger partial charge in [-0.15, -0.1) is 0 Å². The van der Waals surface area contributed by atoms with Crippen LogP contribution in [0, 0.1) is 5.82 Å². The Hall–Kier alpha value is -3.27. The molecule has 148 valence electrons. The van der Waals surface area contributed by atoms with Gasteiger partial charge in [0, 0.05) is 33.1 Å². The largest absolute Gasteiger partial charge is 0.374 e. The SMILES string of the molecule is COC(C)c1noc(CN(C)C(=O)NCc2ccc(-n3ccnc3)c(F)c2)n1. The van der Waals surface area contributed by atoms with Gasteiger partial charge in [0.1, 0.15) is 18.5 Å². The van der Waals surface area contributed by atoms with E-state index >= 15 is 0 Å². The summed E-state index contributed by atoms with van der Waals surface area (Å²) in [5.74, 6) is 0.316. The van der Waals surface area contributed by atoms with Crippen LogP contribution in [0.4, 0.5) is 9.18 Å². The van der Waals surface area contributed by atoms with Gasteiger partial charge in [0.05, 0.1) is 12.0 Å². The number of nitrogens with one attached hydrogen (secondary N) is 1. The van der Waals surface area contributed by atoms with Crippen LogP contribution in [0.2, 0.25) is 0 Å². The molecule has 0 aliphatic heterocycles. The number of nitrogens with zero attached hydrogens (tertiary/aromatic N) is 5. The molecule has 10 heteroatoms. The van der Waals surface area contributed by atoms with Crippen molar-refractivity contribution in [2.24, 2.45) is 0 Å². The van der Waals surface area contributed by atoms with Crippen molar-refractivity contribution in [2.45, 2.75) is 26.1 Å². The minimum atomic E-state index is -0.399. The predicted octanol–water partition coefficient (Wildman–Crippen LogP) is 2.44. The van der Waals surface area contributed by atoms with E-state index in [1.165, 1.54) is 17.3 Å². The molecule has 3 aromatic rings. The highest BCUT2D eigenvalue weighted by Gasteiger charge is 2.16. The second-order valence-corrected chi connectivity index (χ2v) is 6.19. The quantitative estimate of drug-likeness (QED) is 0.668. The number of rotatable bonds is 7. The molecular formula is C18H21FN6O3. The van der Waals surface area contributed by atoms with Gasteiger partial charge in [-0.2, -0.15) is 4.98 Å². The Morgan fingerprint density at radius 2 is 2.29 bits per heavy atom. The molecule has 1 atom stereocenters. The molecular weight excluding hydrogens is 367 g/mol. The van der Waals surface area contributed by atoms with E-state index in [-0.39, 0.29) is 25.2 Å². The summed E-state index contributed by atoms with van der Waals surface area (Å²) in [5, 5.41) is 6.54. The molecule has 0 spiro atoms. The number of carbonyl (C=O) groups excluding carboxylic acids is 1. The van der Waals surface area contributed by atoms with E-state index in [2.05, 4.69) is 20.4 Å². The molecule has 0 saturated carbocycles. The summed E-state index contributed by atoms with van der Waals surface area (Å²) < 4.78 is 26.1. The van der Waals surface area contributed by atoms with Crippen LogP contribution < -0.4 is 5.32 Å². The fourth-order valence-corrected chi connectivity index (χ4v) is 2.46. The van der Waals surface area contributed by atoms with Crippen LogP contribution in [0.1, 0.15) is 30.3 Å². The monoisotopic (exact) mass is 388 g/mol. The summed E-state index contributed by atoms with van der Waals surface area (Å²) in [5.41, 5.74) is 1.03. The fraction of sp³-hybridized carbons (Fsp3) is 0.333. The van der Waals surface area contributed by atoms with Gasteiger partial charge >= 0.3 is 6.03 Å². The van der Waals surface area contributed by atoms with E-state index in [0.717, 1.165) is 0 Å². The fourth-order valence-electron chi connectivity index (χ4n) is 2.46. The zero-order valence-corrected chi connectivity index (χ0v) is 15.8. The lowest BCUT2D eigenvalue weighted by Crippen LogP contribution is -2.36. The number of hydrogen-bond donors (Lipinski definition) is 1. The number of hydrogen-bond acceptors (Lipinski definition) is 6. The van der Waals surface area contributed by atoms with Crippen molar-refractivity contribution in [3.05, 3.63) is 60.0 Å². The van der Waals surface area contributed by atoms with Gasteiger partial charge < -0.3 is 24.0 Å². The van der Waals surface area contributed by atoms with E-state index < -0.39 is 5.82 Å². The summed E-state index contributed by atoms with van der Waals surface area (Å²) in [7, 11) is 3.15. The molecule has 0 fully saturated rings. The van der Waals surface area contributed by atoms with Crippen molar-refractivity contribution in [1.82, 2.24) is 29.9 Å². The Labute approximate surface area is 161 Å². The van der Waals surface area contributed by atoms with Crippen LogP contribution in [0.15, 0.2) is 41.4 Å². The third-order valence-electron chi connectivity index (χ3n) is 4.16. The molecule has 0 aliphatic rings. The van der Waals surface area contributed by atoms with Crippen molar-refractivity contribution in [3.8, 4) is 5.69 Å². The van der Waals surface area contributed by atoms with Crippen LogP contribution in [-0.2, 0) is 17.8 Å². The number of ether oxygens (including phenoxy) is 1. The molecule has 2 heterocycles. The van der Waals surface area contributed by atoms with Gasteiger partial charge in [-0.05, 0) is 24.6 Å². The van der Waals surface area contributed by atoms with Crippen LogP contribution in [0.25, 0.3) is 5.69 Å². The smallest absolute Gasteiger partial charge is 0.317 e. The number of amides is 2. The number of halogens is 1. The number of methoxy groups -OCH3 is 1. The first-order valence-electron chi connectivity index (χ1n) is 8.59. The average Bonchev–Trinajstić information content (AvgIpc) is 3.37. The lowest BCUT2D eigenvalue weighted by Gasteiger charge is -2.16. The van der Waals surface area contributed by atoms with Crippen LogP contribution in [0.5, 0.6) is 0 Å². The highest BCUT2D eigenvalue weighted by atomic mass is 19.1. The number of imidazole rings is 1. The van der Waals surface area contributed by atoms with Gasteiger partial charge in [-0.25, -0.2) is 14.2 Å². The molecule has 28 heavy (non-hydrogen) atoms. The lowest BCUT2D eigenvalue weighted by molar-refractivity contribution is 0.109. The first-order valence-corrected chi connectivity index (χ1v) is 8.59. The van der Waals surface area contributed by atoms with Crippen LogP contribution in [-0.4, -0.2) is 44.8 Å². The Bertz CT molecular complexity index is 927. The number of urea groups is 1. The van der Waals surface area contributed by atoms with Gasteiger partial charge in [-0.1, -0.05) is 11.2 Å². The van der Waals surface area contributed by atoms with Crippen molar-refractivity contribution < 1.29 is 18.4 Å². The van der Waals surface area contributed by atoms with Gasteiger partial charge in [0.25, 0.3) is 0 Å². The molecule has 1 N–H and O–H groups in total. The maximum absolute atomic E-state index is 14.3. The minimum Gasteiger partial charge on any atom is -0.374 e. The Kier molecular flexibility index (Phi) is 5.99. The first kappa shape index (κ1) is 19.5. The highest BCUT2D eigenvalue weighted by molar-refractivity contribution is 5.73. The predicted molar refractivity (Wildman–Crippen MR) is 96.9 cm³/mol. The molecule has 2 amide bonds. The first-order chi connectivity index (χ1) is 13.5. The zero-order chi connectivity index (χ0) is 20.1. The van der Waals surface area contributed by atoms with E-state index in [0.29, 0.717) is 23.0 Å². The molecule has 9 nitrogen and oxygen atoms in total. The highest BCUT2D eigenvalue weighted by Crippen LogP contribution is 2.15. The molecule has 1 unspecified atom stereocenters. The Morgan fingerprint density at radius 3 is 2.96 bits per heavy atom. The van der Waals surface area contributed by atoms with Crippen molar-refractivity contribution in [2.75, 3.05) is 14.2 Å². The summed E-state index contributed by atoms with van der Waals surface area (Å²) >= 11 is 0. The van der Waals surface area contributed by atoms with Crippen LogP contribution in [0.3, 0.4) is 0 Å². The second kappa shape index (κ2) is 8.61. The Morgan fingerprint density at radius 1 is 1.46 bits per heavy atom. The van der Waals surface area contributed by atoms with Gasteiger partial charge in [-0.3, -0.25) is 0 Å². The summed E-state index contributed by atoms with van der Waals surface area (Å²) in [4.78, 5) is 21.7. The maximum Gasteiger partial charge on any atom is 0.317 e. The summed E-state index contributed by atoms with van der Waals surface area (Å²) in [6, 6.07) is 4.42. The van der Waals surface area contributed by atoms with E-state index in [1.54, 1.807) is 50.2 Å². The Balaban J connectivity index is 1.54. The third-order valence-corrected chi connectivity index (χ3v) is 4.16. The summed E-state index contributed by atoms with van der Waals surface area (Å²) in [6.45, 7) is 2.12.